The molecule has 0 bridgehead atoms. The SMILES string of the molecule is CCC1CCCCN1C(=O)c1cccc(C(=O)NCCCc2ccccc2)n1. The summed E-state index contributed by atoms with van der Waals surface area (Å²) in [6.07, 6.45) is 5.98. The van der Waals surface area contributed by atoms with Crippen LogP contribution >= 0.6 is 0 Å². The minimum atomic E-state index is -0.228. The minimum Gasteiger partial charge on any atom is -0.351 e. The zero-order valence-electron chi connectivity index (χ0n) is 16.6. The van der Waals surface area contributed by atoms with Gasteiger partial charge in [-0.25, -0.2) is 4.98 Å². The Bertz CT molecular complexity index is 791. The molecule has 2 heterocycles. The first-order valence-corrected chi connectivity index (χ1v) is 10.3. The van der Waals surface area contributed by atoms with E-state index < -0.39 is 0 Å². The van der Waals surface area contributed by atoms with Gasteiger partial charge in [0.1, 0.15) is 11.4 Å². The Morgan fingerprint density at radius 1 is 1.07 bits per heavy atom. The second kappa shape index (κ2) is 10.0. The van der Waals surface area contributed by atoms with Crippen LogP contribution in [-0.2, 0) is 6.42 Å². The van der Waals surface area contributed by atoms with Crippen molar-refractivity contribution >= 4 is 11.8 Å². The summed E-state index contributed by atoms with van der Waals surface area (Å²) in [5.41, 5.74) is 1.92. The third-order valence-electron chi connectivity index (χ3n) is 5.33. The minimum absolute atomic E-state index is 0.0646. The molecule has 0 saturated carbocycles. The lowest BCUT2D eigenvalue weighted by Crippen LogP contribution is -2.43. The third kappa shape index (κ3) is 5.18. The Morgan fingerprint density at radius 3 is 2.64 bits per heavy atom. The number of aryl methyl sites for hydroxylation is 1. The van der Waals surface area contributed by atoms with Gasteiger partial charge in [-0.05, 0) is 56.2 Å². The van der Waals surface area contributed by atoms with E-state index in [1.165, 1.54) is 12.0 Å². The van der Waals surface area contributed by atoms with Gasteiger partial charge in [-0.1, -0.05) is 43.3 Å². The van der Waals surface area contributed by atoms with Crippen LogP contribution in [0.3, 0.4) is 0 Å². The van der Waals surface area contributed by atoms with Gasteiger partial charge in [-0.15, -0.1) is 0 Å². The predicted octanol–water partition coefficient (Wildman–Crippen LogP) is 3.85. The van der Waals surface area contributed by atoms with Crippen molar-refractivity contribution in [2.45, 2.75) is 51.5 Å². The van der Waals surface area contributed by atoms with Crippen molar-refractivity contribution in [2.24, 2.45) is 0 Å². The second-order valence-electron chi connectivity index (χ2n) is 7.31. The van der Waals surface area contributed by atoms with E-state index in [1.807, 2.05) is 23.1 Å². The van der Waals surface area contributed by atoms with Crippen LogP contribution in [-0.4, -0.2) is 40.8 Å². The van der Waals surface area contributed by atoms with Crippen molar-refractivity contribution in [3.63, 3.8) is 0 Å². The molecule has 1 atom stereocenters. The molecule has 0 aliphatic carbocycles. The first kappa shape index (κ1) is 20.1. The van der Waals surface area contributed by atoms with Gasteiger partial charge < -0.3 is 10.2 Å². The van der Waals surface area contributed by atoms with Crippen LogP contribution < -0.4 is 5.32 Å². The normalized spacial score (nSPS) is 16.6. The monoisotopic (exact) mass is 379 g/mol. The van der Waals surface area contributed by atoms with Crippen LogP contribution in [0.1, 0.15) is 65.6 Å². The van der Waals surface area contributed by atoms with Crippen LogP contribution in [0.2, 0.25) is 0 Å². The van der Waals surface area contributed by atoms with Gasteiger partial charge in [0.25, 0.3) is 11.8 Å². The standard InChI is InChI=1S/C23H29N3O2/c1-2-19-13-6-7-17-26(19)23(28)21-15-8-14-20(25-21)22(27)24-16-9-12-18-10-4-3-5-11-18/h3-5,8,10-11,14-15,19H,2,6-7,9,12-13,16-17H2,1H3,(H,24,27). The van der Waals surface area contributed by atoms with Gasteiger partial charge in [0, 0.05) is 19.1 Å². The maximum absolute atomic E-state index is 12.9. The molecule has 3 rings (SSSR count). The molecule has 148 valence electrons. The highest BCUT2D eigenvalue weighted by Gasteiger charge is 2.27. The number of benzene rings is 1. The van der Waals surface area contributed by atoms with Crippen LogP contribution in [0.5, 0.6) is 0 Å². The molecule has 1 aliphatic rings. The number of carbonyl (C=O) groups excluding carboxylic acids is 2. The highest BCUT2D eigenvalue weighted by molar-refractivity contribution is 5.96. The van der Waals surface area contributed by atoms with Crippen molar-refractivity contribution in [1.82, 2.24) is 15.2 Å². The Morgan fingerprint density at radius 2 is 1.86 bits per heavy atom. The fourth-order valence-electron chi connectivity index (χ4n) is 3.75. The number of amides is 2. The average Bonchev–Trinajstić information content (AvgIpc) is 2.76. The molecular formula is C23H29N3O2. The number of likely N-dealkylation sites (tertiary alicyclic amines) is 1. The summed E-state index contributed by atoms with van der Waals surface area (Å²) in [4.78, 5) is 31.6. The molecule has 5 nitrogen and oxygen atoms in total. The number of pyridine rings is 1. The Kier molecular flexibility index (Phi) is 7.18. The number of hydrogen-bond donors (Lipinski definition) is 1. The maximum atomic E-state index is 12.9. The van der Waals surface area contributed by atoms with Crippen molar-refractivity contribution in [3.05, 3.63) is 65.5 Å². The molecule has 0 spiro atoms. The summed E-state index contributed by atoms with van der Waals surface area (Å²) in [5, 5.41) is 2.91. The smallest absolute Gasteiger partial charge is 0.272 e. The number of rotatable bonds is 7. The summed E-state index contributed by atoms with van der Waals surface area (Å²) in [6.45, 7) is 3.47. The van der Waals surface area contributed by atoms with Crippen LogP contribution in [0, 0.1) is 0 Å². The van der Waals surface area contributed by atoms with Gasteiger partial charge >= 0.3 is 0 Å². The second-order valence-corrected chi connectivity index (χ2v) is 7.31. The van der Waals surface area contributed by atoms with E-state index in [1.54, 1.807) is 18.2 Å². The number of nitrogens with one attached hydrogen (secondary N) is 1. The third-order valence-corrected chi connectivity index (χ3v) is 5.33. The van der Waals surface area contributed by atoms with Gasteiger partial charge in [-0.2, -0.15) is 0 Å². The Balaban J connectivity index is 1.56. The lowest BCUT2D eigenvalue weighted by Gasteiger charge is -2.35. The van der Waals surface area contributed by atoms with E-state index in [4.69, 9.17) is 0 Å². The summed E-state index contributed by atoms with van der Waals surface area (Å²) in [7, 11) is 0. The van der Waals surface area contributed by atoms with Gasteiger partial charge in [0.2, 0.25) is 0 Å². The lowest BCUT2D eigenvalue weighted by atomic mass is 9.99. The zero-order chi connectivity index (χ0) is 19.8. The molecule has 1 unspecified atom stereocenters. The summed E-state index contributed by atoms with van der Waals surface area (Å²) in [5.74, 6) is -0.293. The first-order valence-electron chi connectivity index (χ1n) is 10.3. The van der Waals surface area contributed by atoms with Gasteiger partial charge in [-0.3, -0.25) is 9.59 Å². The fraction of sp³-hybridized carbons (Fsp3) is 0.435. The topological polar surface area (TPSA) is 62.3 Å². The molecule has 1 aliphatic heterocycles. The van der Waals surface area contributed by atoms with E-state index in [0.29, 0.717) is 17.9 Å². The van der Waals surface area contributed by atoms with E-state index in [0.717, 1.165) is 38.6 Å². The molecule has 1 aromatic carbocycles. The molecule has 5 heteroatoms. The number of carbonyl (C=O) groups is 2. The van der Waals surface area contributed by atoms with Crippen LogP contribution in [0.15, 0.2) is 48.5 Å². The Hall–Kier alpha value is -2.69. The predicted molar refractivity (Wildman–Crippen MR) is 110 cm³/mol. The molecule has 1 fully saturated rings. The van der Waals surface area contributed by atoms with E-state index >= 15 is 0 Å². The van der Waals surface area contributed by atoms with Crippen molar-refractivity contribution in [1.29, 1.82) is 0 Å². The number of nitrogens with zero attached hydrogens (tertiary/aromatic N) is 2. The fourth-order valence-corrected chi connectivity index (χ4v) is 3.75. The molecule has 1 saturated heterocycles. The van der Waals surface area contributed by atoms with E-state index in [-0.39, 0.29) is 17.9 Å². The summed E-state index contributed by atoms with van der Waals surface area (Å²) in [6, 6.07) is 15.6. The molecular weight excluding hydrogens is 350 g/mol. The quantitative estimate of drug-likeness (QED) is 0.743. The maximum Gasteiger partial charge on any atom is 0.272 e. The lowest BCUT2D eigenvalue weighted by molar-refractivity contribution is 0.0602. The molecule has 1 aromatic heterocycles. The average molecular weight is 380 g/mol. The number of aromatic nitrogens is 1. The first-order chi connectivity index (χ1) is 13.7. The molecule has 28 heavy (non-hydrogen) atoms. The molecule has 2 amide bonds. The van der Waals surface area contributed by atoms with Crippen molar-refractivity contribution in [2.75, 3.05) is 13.1 Å². The van der Waals surface area contributed by atoms with Gasteiger partial charge in [0.05, 0.1) is 0 Å². The summed E-state index contributed by atoms with van der Waals surface area (Å²) < 4.78 is 0. The molecule has 1 N–H and O–H groups in total. The Labute approximate surface area is 167 Å². The van der Waals surface area contributed by atoms with Gasteiger partial charge in [0.15, 0.2) is 0 Å². The van der Waals surface area contributed by atoms with Crippen molar-refractivity contribution < 1.29 is 9.59 Å². The van der Waals surface area contributed by atoms with Crippen LogP contribution in [0.4, 0.5) is 0 Å². The number of hydrogen-bond acceptors (Lipinski definition) is 3. The molecule has 0 radical (unpaired) electrons. The highest BCUT2D eigenvalue weighted by atomic mass is 16.2. The number of piperidine rings is 1. The largest absolute Gasteiger partial charge is 0.351 e. The highest BCUT2D eigenvalue weighted by Crippen LogP contribution is 2.21. The van der Waals surface area contributed by atoms with E-state index in [2.05, 4.69) is 29.4 Å². The summed E-state index contributed by atoms with van der Waals surface area (Å²) >= 11 is 0. The van der Waals surface area contributed by atoms with E-state index in [9.17, 15) is 9.59 Å². The zero-order valence-corrected chi connectivity index (χ0v) is 16.6. The van der Waals surface area contributed by atoms with Crippen molar-refractivity contribution in [3.8, 4) is 0 Å². The van der Waals surface area contributed by atoms with Crippen LogP contribution in [0.25, 0.3) is 0 Å². The molecule has 2 aromatic rings.